The lowest BCUT2D eigenvalue weighted by atomic mass is 10.0. The fourth-order valence-electron chi connectivity index (χ4n) is 3.01. The van der Waals surface area contributed by atoms with E-state index >= 15 is 0 Å². The van der Waals surface area contributed by atoms with Crippen LogP contribution in [0.5, 0.6) is 0 Å². The van der Waals surface area contributed by atoms with E-state index in [0.29, 0.717) is 24.1 Å². The van der Waals surface area contributed by atoms with Crippen molar-refractivity contribution in [1.29, 1.82) is 0 Å². The zero-order valence-electron chi connectivity index (χ0n) is 18.7. The minimum Gasteiger partial charge on any atom is -0.460 e. The van der Waals surface area contributed by atoms with Crippen molar-refractivity contribution in [2.75, 3.05) is 11.9 Å². The second-order valence-electron chi connectivity index (χ2n) is 8.01. The summed E-state index contributed by atoms with van der Waals surface area (Å²) in [7, 11) is 0. The number of amides is 4. The fourth-order valence-corrected chi connectivity index (χ4v) is 3.01. The number of aryl methyl sites for hydroxylation is 1. The Hall–Kier alpha value is -3.23. The molecule has 9 nitrogen and oxygen atoms in total. The minimum atomic E-state index is -1.12. The molecule has 9 heteroatoms. The Balaban J connectivity index is 3.10. The van der Waals surface area contributed by atoms with E-state index in [-0.39, 0.29) is 37.3 Å². The first-order valence-corrected chi connectivity index (χ1v) is 10.1. The molecular formula is C22H31N3O6. The molecular weight excluding hydrogens is 402 g/mol. The van der Waals surface area contributed by atoms with Gasteiger partial charge in [-0.05, 0) is 45.7 Å². The molecule has 0 aliphatic carbocycles. The maximum atomic E-state index is 13.2. The number of benzene rings is 1. The smallest absolute Gasteiger partial charge is 0.308 e. The molecule has 0 radical (unpaired) electrons. The number of esters is 1. The van der Waals surface area contributed by atoms with Gasteiger partial charge in [-0.15, -0.1) is 0 Å². The van der Waals surface area contributed by atoms with E-state index < -0.39 is 23.5 Å². The lowest BCUT2D eigenvalue weighted by Gasteiger charge is -2.26. The summed E-state index contributed by atoms with van der Waals surface area (Å²) in [5.41, 5.74) is 0.623. The summed E-state index contributed by atoms with van der Waals surface area (Å²) in [6.07, 6.45) is 1.32. The number of hydrogen-bond donors (Lipinski definition) is 2. The molecule has 0 heterocycles. The normalized spacial score (nSPS) is 11.8. The molecule has 0 saturated heterocycles. The lowest BCUT2D eigenvalue weighted by molar-refractivity contribution is -0.154. The molecule has 1 aromatic rings. The monoisotopic (exact) mass is 433 g/mol. The van der Waals surface area contributed by atoms with Crippen molar-refractivity contribution >= 4 is 36.3 Å². The molecule has 4 amide bonds. The average Bonchev–Trinajstić information content (AvgIpc) is 2.66. The molecule has 1 unspecified atom stereocenters. The van der Waals surface area contributed by atoms with E-state index in [4.69, 9.17) is 4.74 Å². The van der Waals surface area contributed by atoms with E-state index in [1.165, 1.54) is 0 Å². The maximum absolute atomic E-state index is 13.2. The highest BCUT2D eigenvalue weighted by Crippen LogP contribution is 2.23. The van der Waals surface area contributed by atoms with Crippen LogP contribution in [-0.2, 0) is 23.9 Å². The number of nitrogens with one attached hydrogen (secondary N) is 2. The summed E-state index contributed by atoms with van der Waals surface area (Å²) in [4.78, 5) is 60.6. The fraction of sp³-hybridized carbons (Fsp3) is 0.500. The number of anilines is 1. The topological polar surface area (TPSA) is 122 Å². The zero-order chi connectivity index (χ0) is 23.6. The summed E-state index contributed by atoms with van der Waals surface area (Å²) in [6, 6.07) is 3.97. The van der Waals surface area contributed by atoms with Gasteiger partial charge in [0, 0.05) is 12.2 Å². The minimum absolute atomic E-state index is 0.0798. The summed E-state index contributed by atoms with van der Waals surface area (Å²) in [5.74, 6) is -1.79. The molecule has 0 aliphatic heterocycles. The van der Waals surface area contributed by atoms with Crippen LogP contribution < -0.4 is 10.6 Å². The predicted octanol–water partition coefficient (Wildman–Crippen LogP) is 2.18. The quantitative estimate of drug-likeness (QED) is 0.405. The molecule has 0 spiro atoms. The first kappa shape index (κ1) is 25.8. The standard InChI is InChI=1S/C22H31N3O6/c1-6-8-17(20(29)24-13-26)25(14-27)21(30)19-15(2)9-7-10-16(19)23-12-11-18(28)31-22(3,4)5/h7,9-10,13-14,17,23H,6,8,11-12H2,1-5H3,(H,24,26,29). The van der Waals surface area contributed by atoms with Crippen LogP contribution in [0.15, 0.2) is 18.2 Å². The maximum Gasteiger partial charge on any atom is 0.308 e. The van der Waals surface area contributed by atoms with Crippen LogP contribution in [0.1, 0.15) is 62.9 Å². The number of ether oxygens (including phenoxy) is 1. The Kier molecular flexibility index (Phi) is 9.85. The second-order valence-corrected chi connectivity index (χ2v) is 8.01. The Labute approximate surface area is 182 Å². The van der Waals surface area contributed by atoms with Gasteiger partial charge in [0.15, 0.2) is 0 Å². The molecule has 0 bridgehead atoms. The third-order valence-electron chi connectivity index (χ3n) is 4.30. The largest absolute Gasteiger partial charge is 0.460 e. The van der Waals surface area contributed by atoms with Crippen molar-refractivity contribution in [2.45, 2.75) is 65.5 Å². The van der Waals surface area contributed by atoms with Gasteiger partial charge in [0.2, 0.25) is 18.7 Å². The molecule has 31 heavy (non-hydrogen) atoms. The summed E-state index contributed by atoms with van der Waals surface area (Å²) < 4.78 is 5.27. The number of carbonyl (C=O) groups excluding carboxylic acids is 5. The van der Waals surface area contributed by atoms with Crippen LogP contribution in [-0.4, -0.2) is 53.7 Å². The van der Waals surface area contributed by atoms with Crippen molar-refractivity contribution in [1.82, 2.24) is 10.2 Å². The van der Waals surface area contributed by atoms with Crippen LogP contribution in [0.4, 0.5) is 5.69 Å². The summed E-state index contributed by atoms with van der Waals surface area (Å²) in [5, 5.41) is 5.04. The van der Waals surface area contributed by atoms with Crippen molar-refractivity contribution in [3.05, 3.63) is 29.3 Å². The summed E-state index contributed by atoms with van der Waals surface area (Å²) in [6.45, 7) is 9.04. The van der Waals surface area contributed by atoms with Crippen molar-refractivity contribution < 1.29 is 28.7 Å². The Morgan fingerprint density at radius 1 is 1.19 bits per heavy atom. The van der Waals surface area contributed by atoms with Gasteiger partial charge in [0.1, 0.15) is 11.6 Å². The zero-order valence-corrected chi connectivity index (χ0v) is 18.7. The van der Waals surface area contributed by atoms with Crippen molar-refractivity contribution in [3.8, 4) is 0 Å². The first-order valence-electron chi connectivity index (χ1n) is 10.1. The van der Waals surface area contributed by atoms with Crippen LogP contribution in [0, 0.1) is 6.92 Å². The highest BCUT2D eigenvalue weighted by atomic mass is 16.6. The Bertz CT molecular complexity index is 816. The van der Waals surface area contributed by atoms with E-state index in [1.807, 2.05) is 5.32 Å². The van der Waals surface area contributed by atoms with Gasteiger partial charge in [-0.1, -0.05) is 25.5 Å². The van der Waals surface area contributed by atoms with Crippen LogP contribution in [0.3, 0.4) is 0 Å². The first-order chi connectivity index (χ1) is 14.6. The van der Waals surface area contributed by atoms with Gasteiger partial charge in [-0.2, -0.15) is 0 Å². The molecule has 0 saturated carbocycles. The molecule has 2 N–H and O–H groups in total. The van der Waals surface area contributed by atoms with Crippen molar-refractivity contribution in [3.63, 3.8) is 0 Å². The number of imide groups is 2. The van der Waals surface area contributed by atoms with E-state index in [0.717, 1.165) is 4.90 Å². The van der Waals surface area contributed by atoms with Crippen LogP contribution in [0.25, 0.3) is 0 Å². The number of rotatable bonds is 11. The van der Waals surface area contributed by atoms with E-state index in [2.05, 4.69) is 5.32 Å². The van der Waals surface area contributed by atoms with E-state index in [9.17, 15) is 24.0 Å². The van der Waals surface area contributed by atoms with Gasteiger partial charge >= 0.3 is 5.97 Å². The highest BCUT2D eigenvalue weighted by Gasteiger charge is 2.31. The van der Waals surface area contributed by atoms with Gasteiger partial charge in [-0.25, -0.2) is 0 Å². The number of carbonyl (C=O) groups is 5. The van der Waals surface area contributed by atoms with Crippen LogP contribution in [0.2, 0.25) is 0 Å². The summed E-state index contributed by atoms with van der Waals surface area (Å²) >= 11 is 0. The Morgan fingerprint density at radius 2 is 1.87 bits per heavy atom. The lowest BCUT2D eigenvalue weighted by Crippen LogP contribution is -2.49. The van der Waals surface area contributed by atoms with Gasteiger partial charge < -0.3 is 10.1 Å². The number of nitrogens with zero attached hydrogens (tertiary/aromatic N) is 1. The highest BCUT2D eigenvalue weighted by molar-refractivity contribution is 6.08. The molecule has 1 aromatic carbocycles. The average molecular weight is 434 g/mol. The molecule has 0 fully saturated rings. The van der Waals surface area contributed by atoms with Crippen molar-refractivity contribution in [2.24, 2.45) is 0 Å². The number of hydrogen-bond acceptors (Lipinski definition) is 7. The third-order valence-corrected chi connectivity index (χ3v) is 4.30. The van der Waals surface area contributed by atoms with Crippen LogP contribution >= 0.6 is 0 Å². The Morgan fingerprint density at radius 3 is 2.42 bits per heavy atom. The second kappa shape index (κ2) is 11.8. The molecule has 1 rings (SSSR count). The molecule has 0 aliphatic rings. The third kappa shape index (κ3) is 7.84. The SMILES string of the molecule is CCCC(C(=O)NC=O)N(C=O)C(=O)c1c(C)cccc1NCCC(=O)OC(C)(C)C. The predicted molar refractivity (Wildman–Crippen MR) is 115 cm³/mol. The molecule has 170 valence electrons. The van der Waals surface area contributed by atoms with Gasteiger partial charge in [-0.3, -0.25) is 34.2 Å². The molecule has 0 aromatic heterocycles. The van der Waals surface area contributed by atoms with Gasteiger partial charge in [0.05, 0.1) is 12.0 Å². The van der Waals surface area contributed by atoms with E-state index in [1.54, 1.807) is 52.8 Å². The molecule has 1 atom stereocenters. The van der Waals surface area contributed by atoms with Gasteiger partial charge in [0.25, 0.3) is 5.91 Å².